The summed E-state index contributed by atoms with van der Waals surface area (Å²) in [6.45, 7) is 0.791. The Kier molecular flexibility index (Phi) is 1.87. The molecule has 5 N–H and O–H groups in total. The third-order valence-corrected chi connectivity index (χ3v) is 3.29. The maximum atomic E-state index is 10.7. The Bertz CT molecular complexity index is 171. The molecule has 1 fully saturated rings. The lowest BCUT2D eigenvalue weighted by atomic mass is 10.3. The van der Waals surface area contributed by atoms with Crippen LogP contribution in [0.2, 0.25) is 0 Å². The van der Waals surface area contributed by atoms with E-state index in [1.54, 1.807) is 0 Å². The van der Waals surface area contributed by atoms with Crippen LogP contribution in [0.15, 0.2) is 0 Å². The predicted molar refractivity (Wildman–Crippen MR) is 36.4 cm³/mol. The summed E-state index contributed by atoms with van der Waals surface area (Å²) in [5, 5.41) is 1.49. The molecule has 1 aliphatic rings. The minimum atomic E-state index is -4.11. The third-order valence-electron chi connectivity index (χ3n) is 1.75. The summed E-state index contributed by atoms with van der Waals surface area (Å²) >= 11 is 0. The van der Waals surface area contributed by atoms with Gasteiger partial charge in [-0.15, -0.1) is 0 Å². The quantitative estimate of drug-likeness (QED) is 0.367. The van der Waals surface area contributed by atoms with Crippen molar-refractivity contribution in [2.24, 2.45) is 5.73 Å². The minimum Gasteiger partial charge on any atom is -0.323 e. The van der Waals surface area contributed by atoms with Crippen LogP contribution in [-0.4, -0.2) is 28.2 Å². The highest BCUT2D eigenvalue weighted by Gasteiger charge is 2.45. The van der Waals surface area contributed by atoms with Crippen LogP contribution >= 0.6 is 7.60 Å². The normalized spacial score (nSPS) is 34.7. The molecule has 10 heavy (non-hydrogen) atoms. The molecule has 6 heteroatoms. The van der Waals surface area contributed by atoms with Gasteiger partial charge in [-0.05, 0) is 13.0 Å². The molecule has 1 saturated heterocycles. The van der Waals surface area contributed by atoms with E-state index in [1.165, 1.54) is 0 Å². The number of nitrogens with two attached hydrogens (primary N) is 1. The molecule has 0 aliphatic carbocycles. The second-order valence-electron chi connectivity index (χ2n) is 2.57. The molecule has 0 radical (unpaired) electrons. The molecule has 1 heterocycles. The first kappa shape index (κ1) is 8.17. The molecule has 1 rings (SSSR count). The molecule has 0 amide bonds. The zero-order valence-electron chi connectivity index (χ0n) is 5.45. The van der Waals surface area contributed by atoms with Gasteiger partial charge in [-0.1, -0.05) is 0 Å². The third kappa shape index (κ3) is 1.24. The largest absolute Gasteiger partial charge is 0.346 e. The van der Waals surface area contributed by atoms with Crippen LogP contribution in [0.1, 0.15) is 6.42 Å². The van der Waals surface area contributed by atoms with Gasteiger partial charge in [0.15, 0.2) is 0 Å². The van der Waals surface area contributed by atoms with E-state index in [0.29, 0.717) is 13.0 Å². The van der Waals surface area contributed by atoms with Crippen LogP contribution in [0.4, 0.5) is 0 Å². The van der Waals surface area contributed by atoms with Gasteiger partial charge in [-0.2, -0.15) is 0 Å². The van der Waals surface area contributed by atoms with Gasteiger partial charge >= 0.3 is 7.60 Å². The zero-order valence-corrected chi connectivity index (χ0v) is 6.34. The van der Waals surface area contributed by atoms with Crippen molar-refractivity contribution in [3.05, 3.63) is 0 Å². The van der Waals surface area contributed by atoms with E-state index in [1.807, 2.05) is 0 Å². The van der Waals surface area contributed by atoms with Gasteiger partial charge in [-0.3, -0.25) is 4.57 Å². The van der Waals surface area contributed by atoms with Crippen LogP contribution in [0.5, 0.6) is 0 Å². The summed E-state index contributed by atoms with van der Waals surface area (Å²) in [5.74, 6) is 0. The van der Waals surface area contributed by atoms with Crippen molar-refractivity contribution in [2.75, 3.05) is 13.1 Å². The van der Waals surface area contributed by atoms with E-state index in [4.69, 9.17) is 15.5 Å². The topological polar surface area (TPSA) is 95.6 Å². The second-order valence-corrected chi connectivity index (χ2v) is 4.55. The van der Waals surface area contributed by atoms with Crippen LogP contribution in [-0.2, 0) is 4.57 Å². The first-order valence-corrected chi connectivity index (χ1v) is 4.62. The van der Waals surface area contributed by atoms with Gasteiger partial charge in [0.25, 0.3) is 0 Å². The number of nitrogens with one attached hydrogen (secondary N) is 1. The number of rotatable bonds is 1. The predicted octanol–water partition coefficient (Wildman–Crippen LogP) is -1.19. The molecule has 0 saturated carbocycles. The van der Waals surface area contributed by atoms with Gasteiger partial charge < -0.3 is 20.8 Å². The summed E-state index contributed by atoms with van der Waals surface area (Å²) in [7, 11) is -4.11. The van der Waals surface area contributed by atoms with Crippen molar-refractivity contribution in [1.29, 1.82) is 0 Å². The fraction of sp³-hybridized carbons (Fsp3) is 1.00. The van der Waals surface area contributed by atoms with Crippen molar-refractivity contribution < 1.29 is 14.4 Å². The lowest BCUT2D eigenvalue weighted by molar-refractivity contribution is 0.331. The molecule has 0 aromatic heterocycles. The highest BCUT2D eigenvalue weighted by molar-refractivity contribution is 7.53. The van der Waals surface area contributed by atoms with Crippen molar-refractivity contribution in [2.45, 2.75) is 11.7 Å². The van der Waals surface area contributed by atoms with Crippen LogP contribution in [0.3, 0.4) is 0 Å². The molecule has 1 aliphatic heterocycles. The Morgan fingerprint density at radius 1 is 1.60 bits per heavy atom. The summed E-state index contributed by atoms with van der Waals surface area (Å²) in [6.07, 6.45) is 0.345. The lowest BCUT2D eigenvalue weighted by Crippen LogP contribution is -2.41. The molecular weight excluding hydrogens is 155 g/mol. The molecule has 0 spiro atoms. The lowest BCUT2D eigenvalue weighted by Gasteiger charge is -2.23. The molecule has 0 aromatic carbocycles. The van der Waals surface area contributed by atoms with Gasteiger partial charge in [-0.25, -0.2) is 0 Å². The number of hydrogen-bond acceptors (Lipinski definition) is 3. The Balaban J connectivity index is 2.78. The Morgan fingerprint density at radius 3 is 2.40 bits per heavy atom. The molecule has 0 aromatic rings. The maximum absolute atomic E-state index is 10.7. The van der Waals surface area contributed by atoms with Gasteiger partial charge in [0.05, 0.1) is 0 Å². The summed E-state index contributed by atoms with van der Waals surface area (Å²) < 4.78 is 10.7. The molecule has 1 unspecified atom stereocenters. The average molecular weight is 166 g/mol. The first-order valence-electron chi connectivity index (χ1n) is 3.01. The molecular formula is C4H11N2O3P. The standard InChI is InChI=1S/C4H11N2O3P/c5-4(10(7,8)9)1-2-6-3-4/h6H,1-3,5H2,(H2,7,8,9). The van der Waals surface area contributed by atoms with Crippen molar-refractivity contribution in [1.82, 2.24) is 5.32 Å². The Hall–Kier alpha value is 0.0700. The molecule has 60 valence electrons. The second kappa shape index (κ2) is 2.29. The number of hydrogen-bond donors (Lipinski definition) is 4. The molecule has 1 atom stereocenters. The van der Waals surface area contributed by atoms with E-state index >= 15 is 0 Å². The van der Waals surface area contributed by atoms with Crippen LogP contribution in [0.25, 0.3) is 0 Å². The maximum Gasteiger partial charge on any atom is 0.346 e. The fourth-order valence-corrected chi connectivity index (χ4v) is 1.67. The smallest absolute Gasteiger partial charge is 0.323 e. The Labute approximate surface area is 58.8 Å². The zero-order chi connectivity index (χ0) is 7.83. The monoisotopic (exact) mass is 166 g/mol. The highest BCUT2D eigenvalue weighted by atomic mass is 31.2. The SMILES string of the molecule is NC1(P(=O)(O)O)CCNC1. The summed E-state index contributed by atoms with van der Waals surface area (Å²) in [5.41, 5.74) is 5.41. The van der Waals surface area contributed by atoms with Gasteiger partial charge in [0, 0.05) is 6.54 Å². The minimum absolute atomic E-state index is 0.206. The first-order chi connectivity index (χ1) is 4.46. The van der Waals surface area contributed by atoms with Crippen molar-refractivity contribution >= 4 is 7.60 Å². The molecule has 0 bridgehead atoms. The van der Waals surface area contributed by atoms with Crippen LogP contribution in [0, 0.1) is 0 Å². The average Bonchev–Trinajstić information content (AvgIpc) is 2.13. The van der Waals surface area contributed by atoms with Gasteiger partial charge in [0.1, 0.15) is 5.28 Å². The summed E-state index contributed by atoms with van der Waals surface area (Å²) in [6, 6.07) is 0. The fourth-order valence-electron chi connectivity index (χ4n) is 0.947. The Morgan fingerprint density at radius 2 is 2.20 bits per heavy atom. The van der Waals surface area contributed by atoms with Crippen LogP contribution < -0.4 is 11.1 Å². The van der Waals surface area contributed by atoms with Crippen molar-refractivity contribution in [3.8, 4) is 0 Å². The van der Waals surface area contributed by atoms with E-state index in [2.05, 4.69) is 5.32 Å². The van der Waals surface area contributed by atoms with E-state index < -0.39 is 12.9 Å². The van der Waals surface area contributed by atoms with E-state index in [9.17, 15) is 4.57 Å². The molecule has 5 nitrogen and oxygen atoms in total. The summed E-state index contributed by atoms with van der Waals surface area (Å²) in [4.78, 5) is 17.4. The van der Waals surface area contributed by atoms with Crippen molar-refractivity contribution in [3.63, 3.8) is 0 Å². The highest BCUT2D eigenvalue weighted by Crippen LogP contribution is 2.49. The van der Waals surface area contributed by atoms with E-state index in [0.717, 1.165) is 0 Å². The van der Waals surface area contributed by atoms with Gasteiger partial charge in [0.2, 0.25) is 0 Å². The van der Waals surface area contributed by atoms with E-state index in [-0.39, 0.29) is 6.54 Å².